The zero-order chi connectivity index (χ0) is 18.6. The van der Waals surface area contributed by atoms with Crippen LogP contribution >= 0.6 is 0 Å². The van der Waals surface area contributed by atoms with Crippen molar-refractivity contribution in [3.8, 4) is 0 Å². The molecular formula is C11H21N13O2. The molecule has 0 saturated carbocycles. The highest BCUT2D eigenvalue weighted by atomic mass is 16.2. The van der Waals surface area contributed by atoms with Crippen molar-refractivity contribution in [1.29, 1.82) is 0 Å². The topological polar surface area (TPSA) is 194 Å². The van der Waals surface area contributed by atoms with Gasteiger partial charge in [-0.15, -0.1) is 0 Å². The average molecular weight is 367 g/mol. The zero-order valence-electron chi connectivity index (χ0n) is 14.2. The first-order chi connectivity index (χ1) is 12.6. The van der Waals surface area contributed by atoms with Crippen LogP contribution in [0.5, 0.6) is 0 Å². The Kier molecular flexibility index (Phi) is 7.66. The Hall–Kier alpha value is -3.36. The molecular weight excluding hydrogens is 346 g/mol. The van der Waals surface area contributed by atoms with E-state index in [-0.39, 0.29) is 24.0 Å². The SMILES string of the molecule is CN(CCCNC(=O)Nc1nnn[nH]1)CCCNC(=O)Nc1nnn[nH]1. The number of hydrogen-bond acceptors (Lipinski definition) is 9. The van der Waals surface area contributed by atoms with Crippen molar-refractivity contribution in [2.24, 2.45) is 0 Å². The first-order valence-corrected chi connectivity index (χ1v) is 7.89. The monoisotopic (exact) mass is 367 g/mol. The van der Waals surface area contributed by atoms with Gasteiger partial charge in [0.1, 0.15) is 0 Å². The molecule has 0 bridgehead atoms. The lowest BCUT2D eigenvalue weighted by Gasteiger charge is -2.16. The minimum absolute atomic E-state index is 0.190. The van der Waals surface area contributed by atoms with Crippen LogP contribution in [0.2, 0.25) is 0 Å². The van der Waals surface area contributed by atoms with Gasteiger partial charge in [0.05, 0.1) is 0 Å². The number of anilines is 2. The highest BCUT2D eigenvalue weighted by Crippen LogP contribution is 1.92. The first-order valence-electron chi connectivity index (χ1n) is 7.89. The first kappa shape index (κ1) is 19.0. The van der Waals surface area contributed by atoms with Crippen molar-refractivity contribution >= 4 is 24.0 Å². The minimum atomic E-state index is -0.372. The molecule has 15 heteroatoms. The molecule has 0 aliphatic carbocycles. The summed E-state index contributed by atoms with van der Waals surface area (Å²) in [5.41, 5.74) is 0. The average Bonchev–Trinajstić information content (AvgIpc) is 3.30. The van der Waals surface area contributed by atoms with Crippen LogP contribution in [0.1, 0.15) is 12.8 Å². The lowest BCUT2D eigenvalue weighted by atomic mass is 10.3. The maximum atomic E-state index is 11.5. The van der Waals surface area contributed by atoms with Crippen molar-refractivity contribution in [2.75, 3.05) is 43.9 Å². The second kappa shape index (κ2) is 10.5. The number of rotatable bonds is 10. The lowest BCUT2D eigenvalue weighted by Crippen LogP contribution is -2.33. The van der Waals surface area contributed by atoms with E-state index in [0.717, 1.165) is 25.9 Å². The van der Waals surface area contributed by atoms with E-state index in [1.54, 1.807) is 0 Å². The van der Waals surface area contributed by atoms with Crippen LogP contribution in [0.15, 0.2) is 0 Å². The van der Waals surface area contributed by atoms with Gasteiger partial charge in [-0.2, -0.15) is 0 Å². The molecule has 0 unspecified atom stereocenters. The second-order valence-electron chi connectivity index (χ2n) is 5.27. The van der Waals surface area contributed by atoms with E-state index in [9.17, 15) is 9.59 Å². The molecule has 2 aromatic rings. The van der Waals surface area contributed by atoms with Crippen molar-refractivity contribution in [1.82, 2.24) is 56.8 Å². The van der Waals surface area contributed by atoms with Crippen molar-refractivity contribution in [2.45, 2.75) is 12.8 Å². The van der Waals surface area contributed by atoms with Crippen LogP contribution in [0.4, 0.5) is 21.5 Å². The Labute approximate surface area is 148 Å². The number of tetrazole rings is 2. The van der Waals surface area contributed by atoms with Crippen LogP contribution in [-0.2, 0) is 0 Å². The van der Waals surface area contributed by atoms with E-state index in [1.165, 1.54) is 0 Å². The Morgan fingerprint density at radius 2 is 1.35 bits per heavy atom. The molecule has 2 aromatic heterocycles. The van der Waals surface area contributed by atoms with Gasteiger partial charge in [-0.05, 0) is 53.8 Å². The number of nitrogens with one attached hydrogen (secondary N) is 6. The maximum absolute atomic E-state index is 11.5. The number of carbonyl (C=O) groups is 2. The summed E-state index contributed by atoms with van der Waals surface area (Å²) in [7, 11) is 1.97. The highest BCUT2D eigenvalue weighted by Gasteiger charge is 2.05. The quantitative estimate of drug-likeness (QED) is 0.267. The molecule has 0 atom stereocenters. The maximum Gasteiger partial charge on any atom is 0.321 e. The van der Waals surface area contributed by atoms with E-state index in [1.807, 2.05) is 7.05 Å². The number of H-pyrrole nitrogens is 2. The number of carbonyl (C=O) groups excluding carboxylic acids is 2. The fourth-order valence-electron chi connectivity index (χ4n) is 1.94. The molecule has 4 amide bonds. The molecule has 0 fully saturated rings. The number of aromatic nitrogens is 8. The Bertz CT molecular complexity index is 587. The predicted octanol–water partition coefficient (Wildman–Crippen LogP) is -1.63. The standard InChI is InChI=1S/C11H21N13O2/c1-24(6-2-4-12-10(25)14-8-16-20-21-17-8)7-3-5-13-11(26)15-9-18-22-23-19-9/h2-7H2,1H3,(H3,12,14,16,17,20,21,25)(H3,13,15,18,19,22,23,26). The van der Waals surface area contributed by atoms with E-state index in [2.05, 4.69) is 67.4 Å². The number of urea groups is 2. The number of aromatic amines is 2. The van der Waals surface area contributed by atoms with Gasteiger partial charge in [0.15, 0.2) is 0 Å². The second-order valence-corrected chi connectivity index (χ2v) is 5.27. The van der Waals surface area contributed by atoms with E-state index in [4.69, 9.17) is 0 Å². The molecule has 15 nitrogen and oxygen atoms in total. The summed E-state index contributed by atoms with van der Waals surface area (Å²) in [5, 5.41) is 35.7. The summed E-state index contributed by atoms with van der Waals surface area (Å²) in [6.45, 7) is 2.65. The summed E-state index contributed by atoms with van der Waals surface area (Å²) in [6, 6.07) is -0.744. The fraction of sp³-hybridized carbons (Fsp3) is 0.636. The smallest absolute Gasteiger partial charge is 0.321 e. The predicted molar refractivity (Wildman–Crippen MR) is 89.1 cm³/mol. The fourth-order valence-corrected chi connectivity index (χ4v) is 1.94. The summed E-state index contributed by atoms with van der Waals surface area (Å²) in [5.74, 6) is 0.381. The summed E-state index contributed by atoms with van der Waals surface area (Å²) >= 11 is 0. The molecule has 0 aliphatic heterocycles. The molecule has 0 aliphatic rings. The molecule has 0 aromatic carbocycles. The van der Waals surface area contributed by atoms with Crippen LogP contribution in [0.3, 0.4) is 0 Å². The van der Waals surface area contributed by atoms with Crippen LogP contribution in [0, 0.1) is 0 Å². The Morgan fingerprint density at radius 3 is 1.73 bits per heavy atom. The van der Waals surface area contributed by atoms with Crippen molar-refractivity contribution < 1.29 is 9.59 Å². The number of nitrogens with zero attached hydrogens (tertiary/aromatic N) is 7. The van der Waals surface area contributed by atoms with E-state index >= 15 is 0 Å². The van der Waals surface area contributed by atoms with Gasteiger partial charge in [0, 0.05) is 13.1 Å². The summed E-state index contributed by atoms with van der Waals surface area (Å²) < 4.78 is 0. The molecule has 0 spiro atoms. The molecule has 2 rings (SSSR count). The zero-order valence-corrected chi connectivity index (χ0v) is 14.2. The molecule has 142 valence electrons. The molecule has 0 saturated heterocycles. The van der Waals surface area contributed by atoms with Gasteiger partial charge in [-0.25, -0.2) is 19.8 Å². The molecule has 2 heterocycles. The minimum Gasteiger partial charge on any atom is -0.338 e. The Morgan fingerprint density at radius 1 is 0.885 bits per heavy atom. The molecule has 26 heavy (non-hydrogen) atoms. The van der Waals surface area contributed by atoms with Crippen LogP contribution < -0.4 is 21.3 Å². The lowest BCUT2D eigenvalue weighted by molar-refractivity contribution is 0.250. The third-order valence-corrected chi connectivity index (χ3v) is 3.16. The normalized spacial score (nSPS) is 10.5. The molecule has 6 N–H and O–H groups in total. The Balaban J connectivity index is 1.44. The van der Waals surface area contributed by atoms with Gasteiger partial charge in [-0.1, -0.05) is 10.2 Å². The van der Waals surface area contributed by atoms with Gasteiger partial charge in [-0.3, -0.25) is 10.6 Å². The van der Waals surface area contributed by atoms with Gasteiger partial charge in [0.25, 0.3) is 0 Å². The van der Waals surface area contributed by atoms with Gasteiger partial charge in [0.2, 0.25) is 11.9 Å². The number of hydrogen-bond donors (Lipinski definition) is 6. The van der Waals surface area contributed by atoms with Crippen molar-refractivity contribution in [3.63, 3.8) is 0 Å². The summed E-state index contributed by atoms with van der Waals surface area (Å²) in [4.78, 5) is 25.2. The summed E-state index contributed by atoms with van der Waals surface area (Å²) in [6.07, 6.45) is 1.57. The van der Waals surface area contributed by atoms with E-state index in [0.29, 0.717) is 13.1 Å². The van der Waals surface area contributed by atoms with Crippen LogP contribution in [0.25, 0.3) is 0 Å². The third kappa shape index (κ3) is 7.47. The number of amides is 4. The van der Waals surface area contributed by atoms with Crippen molar-refractivity contribution in [3.05, 3.63) is 0 Å². The largest absolute Gasteiger partial charge is 0.338 e. The van der Waals surface area contributed by atoms with E-state index < -0.39 is 0 Å². The third-order valence-electron chi connectivity index (χ3n) is 3.16. The van der Waals surface area contributed by atoms with Gasteiger partial charge < -0.3 is 15.5 Å². The van der Waals surface area contributed by atoms with Crippen LogP contribution in [-0.4, -0.2) is 91.4 Å². The molecule has 0 radical (unpaired) electrons. The van der Waals surface area contributed by atoms with Gasteiger partial charge >= 0.3 is 12.1 Å². The highest BCUT2D eigenvalue weighted by molar-refractivity contribution is 5.87.